The Balaban J connectivity index is 2.65. The Morgan fingerprint density at radius 3 is 2.93 bits per heavy atom. The zero-order valence-electron chi connectivity index (χ0n) is 8.90. The first kappa shape index (κ1) is 11.5. The van der Waals surface area contributed by atoms with E-state index in [4.69, 9.17) is 0 Å². The number of hydrogen-bond acceptors (Lipinski definition) is 2. The van der Waals surface area contributed by atoms with Crippen LogP contribution in [0.15, 0.2) is 30.3 Å². The van der Waals surface area contributed by atoms with Gasteiger partial charge in [-0.1, -0.05) is 50.1 Å². The molecule has 0 heterocycles. The first-order valence-electron chi connectivity index (χ1n) is 5.22. The first-order valence-corrected chi connectivity index (χ1v) is 5.22. The van der Waals surface area contributed by atoms with Crippen LogP contribution in [0.25, 0.3) is 6.08 Å². The third-order valence-electron chi connectivity index (χ3n) is 2.16. The van der Waals surface area contributed by atoms with Crippen molar-refractivity contribution in [2.75, 3.05) is 0 Å². The van der Waals surface area contributed by atoms with Crippen molar-refractivity contribution < 1.29 is 9.90 Å². The van der Waals surface area contributed by atoms with Crippen LogP contribution in [0.3, 0.4) is 0 Å². The maximum absolute atomic E-state index is 10.6. The summed E-state index contributed by atoms with van der Waals surface area (Å²) in [6.07, 6.45) is 7.38. The predicted octanol–water partition coefficient (Wildman–Crippen LogP) is 2.25. The van der Waals surface area contributed by atoms with Gasteiger partial charge in [0.2, 0.25) is 0 Å². The molecule has 0 aliphatic heterocycles. The molecule has 1 rings (SSSR count). The summed E-state index contributed by atoms with van der Waals surface area (Å²) in [4.78, 5) is 10.6. The number of rotatable bonds is 5. The number of aromatic carboxylic acids is 1. The molecule has 80 valence electrons. The summed E-state index contributed by atoms with van der Waals surface area (Å²) < 4.78 is 0. The molecule has 15 heavy (non-hydrogen) atoms. The maximum atomic E-state index is 10.6. The molecule has 0 unspecified atom stereocenters. The van der Waals surface area contributed by atoms with E-state index in [1.54, 1.807) is 18.2 Å². The van der Waals surface area contributed by atoms with Crippen molar-refractivity contribution in [2.24, 2.45) is 0 Å². The van der Waals surface area contributed by atoms with Crippen LogP contribution in [0, 0.1) is 0 Å². The number of carboxylic acids is 1. The molecule has 1 aromatic rings. The minimum Gasteiger partial charge on any atom is -0.545 e. The van der Waals surface area contributed by atoms with Crippen LogP contribution in [0.1, 0.15) is 42.1 Å². The minimum atomic E-state index is -1.13. The predicted molar refractivity (Wildman–Crippen MR) is 59.3 cm³/mol. The Bertz CT molecular complexity index is 353. The molecule has 2 heteroatoms. The van der Waals surface area contributed by atoms with Crippen molar-refractivity contribution in [3.05, 3.63) is 41.5 Å². The number of carbonyl (C=O) groups is 1. The quantitative estimate of drug-likeness (QED) is 0.688. The van der Waals surface area contributed by atoms with Gasteiger partial charge in [-0.15, -0.1) is 0 Å². The van der Waals surface area contributed by atoms with Gasteiger partial charge in [-0.3, -0.25) is 0 Å². The van der Waals surface area contributed by atoms with Crippen LogP contribution < -0.4 is 5.11 Å². The Hall–Kier alpha value is -1.57. The monoisotopic (exact) mass is 203 g/mol. The molecule has 0 saturated carbocycles. The highest BCUT2D eigenvalue weighted by Crippen LogP contribution is 2.07. The van der Waals surface area contributed by atoms with Crippen molar-refractivity contribution in [1.29, 1.82) is 0 Å². The van der Waals surface area contributed by atoms with Gasteiger partial charge in [-0.05, 0) is 23.6 Å². The summed E-state index contributed by atoms with van der Waals surface area (Å²) in [5, 5.41) is 10.6. The molecule has 0 fully saturated rings. The van der Waals surface area contributed by atoms with Gasteiger partial charge in [0.15, 0.2) is 0 Å². The number of unbranched alkanes of at least 4 members (excludes halogenated alkanes) is 2. The second-order valence-corrected chi connectivity index (χ2v) is 3.46. The number of hydrogen-bond donors (Lipinski definition) is 0. The standard InChI is InChI=1S/C13H16O2/c1-2-3-4-5-7-11-8-6-9-12(10-11)13(14)15/h5-10H,2-4H2,1H3,(H,14,15)/p-1/b7-5-. The van der Waals surface area contributed by atoms with Gasteiger partial charge in [0.05, 0.1) is 5.97 Å². The summed E-state index contributed by atoms with van der Waals surface area (Å²) >= 11 is 0. The van der Waals surface area contributed by atoms with E-state index in [2.05, 4.69) is 13.0 Å². The lowest BCUT2D eigenvalue weighted by molar-refractivity contribution is -0.255. The maximum Gasteiger partial charge on any atom is 0.0715 e. The third kappa shape index (κ3) is 3.98. The minimum absolute atomic E-state index is 0.229. The molecule has 1 aromatic carbocycles. The van der Waals surface area contributed by atoms with Crippen molar-refractivity contribution in [1.82, 2.24) is 0 Å². The summed E-state index contributed by atoms with van der Waals surface area (Å²) in [5.41, 5.74) is 1.14. The molecule has 0 atom stereocenters. The zero-order valence-corrected chi connectivity index (χ0v) is 8.90. The second-order valence-electron chi connectivity index (χ2n) is 3.46. The first-order chi connectivity index (χ1) is 7.24. The van der Waals surface area contributed by atoms with E-state index in [0.29, 0.717) is 0 Å². The van der Waals surface area contributed by atoms with E-state index in [1.807, 2.05) is 12.1 Å². The average Bonchev–Trinajstić information content (AvgIpc) is 2.25. The molecule has 2 nitrogen and oxygen atoms in total. The second kappa shape index (κ2) is 6.02. The summed E-state index contributed by atoms with van der Waals surface area (Å²) in [6.45, 7) is 2.14. The average molecular weight is 203 g/mol. The van der Waals surface area contributed by atoms with Gasteiger partial charge in [0, 0.05) is 0 Å². The van der Waals surface area contributed by atoms with Crippen LogP contribution >= 0.6 is 0 Å². The van der Waals surface area contributed by atoms with E-state index >= 15 is 0 Å². The van der Waals surface area contributed by atoms with Gasteiger partial charge in [0.1, 0.15) is 0 Å². The molecule has 0 bridgehead atoms. The highest BCUT2D eigenvalue weighted by Gasteiger charge is 1.93. The van der Waals surface area contributed by atoms with Gasteiger partial charge in [-0.2, -0.15) is 0 Å². The van der Waals surface area contributed by atoms with E-state index in [-0.39, 0.29) is 5.56 Å². The van der Waals surface area contributed by atoms with Crippen molar-refractivity contribution in [2.45, 2.75) is 26.2 Å². The van der Waals surface area contributed by atoms with E-state index in [0.717, 1.165) is 18.4 Å². The van der Waals surface area contributed by atoms with Gasteiger partial charge >= 0.3 is 0 Å². The fourth-order valence-corrected chi connectivity index (χ4v) is 1.31. The molecular weight excluding hydrogens is 188 g/mol. The molecule has 0 N–H and O–H groups in total. The van der Waals surface area contributed by atoms with Gasteiger partial charge < -0.3 is 9.90 Å². The molecule has 0 spiro atoms. The van der Waals surface area contributed by atoms with Crippen molar-refractivity contribution in [3.8, 4) is 0 Å². The number of carbonyl (C=O) groups excluding carboxylic acids is 1. The lowest BCUT2D eigenvalue weighted by atomic mass is 10.1. The van der Waals surface area contributed by atoms with E-state index in [9.17, 15) is 9.90 Å². The number of carboxylic acid groups (broad SMARTS) is 1. The van der Waals surface area contributed by atoms with Crippen LogP contribution in [-0.2, 0) is 0 Å². The summed E-state index contributed by atoms with van der Waals surface area (Å²) in [6, 6.07) is 6.77. The molecule has 0 aromatic heterocycles. The number of benzene rings is 1. The Morgan fingerprint density at radius 1 is 1.47 bits per heavy atom. The number of allylic oxidation sites excluding steroid dienone is 1. The topological polar surface area (TPSA) is 40.1 Å². The Labute approximate surface area is 90.3 Å². The van der Waals surface area contributed by atoms with E-state index in [1.165, 1.54) is 6.42 Å². The fraction of sp³-hybridized carbons (Fsp3) is 0.308. The largest absolute Gasteiger partial charge is 0.545 e. The fourth-order valence-electron chi connectivity index (χ4n) is 1.31. The lowest BCUT2D eigenvalue weighted by Gasteiger charge is -2.02. The van der Waals surface area contributed by atoms with Gasteiger partial charge in [0.25, 0.3) is 0 Å². The summed E-state index contributed by atoms with van der Waals surface area (Å²) in [5.74, 6) is -1.13. The summed E-state index contributed by atoms with van der Waals surface area (Å²) in [7, 11) is 0. The molecule has 0 aliphatic rings. The van der Waals surface area contributed by atoms with Crippen LogP contribution in [0.2, 0.25) is 0 Å². The highest BCUT2D eigenvalue weighted by atomic mass is 16.4. The molecule has 0 amide bonds. The van der Waals surface area contributed by atoms with Crippen molar-refractivity contribution >= 4 is 12.0 Å². The van der Waals surface area contributed by atoms with Gasteiger partial charge in [-0.25, -0.2) is 0 Å². The highest BCUT2D eigenvalue weighted by molar-refractivity contribution is 5.86. The molecule has 0 aliphatic carbocycles. The molecule has 0 radical (unpaired) electrons. The zero-order chi connectivity index (χ0) is 11.1. The van der Waals surface area contributed by atoms with E-state index < -0.39 is 5.97 Å². The third-order valence-corrected chi connectivity index (χ3v) is 2.16. The van der Waals surface area contributed by atoms with Crippen molar-refractivity contribution in [3.63, 3.8) is 0 Å². The molecular formula is C13H15O2-. The van der Waals surface area contributed by atoms with Crippen LogP contribution in [0.5, 0.6) is 0 Å². The smallest absolute Gasteiger partial charge is 0.0715 e. The molecule has 0 saturated heterocycles. The van der Waals surface area contributed by atoms with Crippen LogP contribution in [0.4, 0.5) is 0 Å². The normalized spacial score (nSPS) is 10.7. The SMILES string of the molecule is CCCC/C=C\c1cccc(C(=O)[O-])c1. The Morgan fingerprint density at radius 2 is 2.27 bits per heavy atom. The lowest BCUT2D eigenvalue weighted by Crippen LogP contribution is -2.22. The van der Waals surface area contributed by atoms with Crippen LogP contribution in [-0.4, -0.2) is 5.97 Å². The Kier molecular flexibility index (Phi) is 4.61.